The van der Waals surface area contributed by atoms with Gasteiger partial charge < -0.3 is 10.6 Å². The molecule has 2 atom stereocenters. The highest BCUT2D eigenvalue weighted by Gasteiger charge is 2.43. The monoisotopic (exact) mass is 832 g/mol. The average Bonchev–Trinajstić information content (AvgIpc) is 3.71. The molecule has 13 heteroatoms. The Morgan fingerprint density at radius 2 is 1.07 bits per heavy atom. The van der Waals surface area contributed by atoms with E-state index in [4.69, 9.17) is 64.8 Å². The van der Waals surface area contributed by atoms with Gasteiger partial charge in [0, 0.05) is 50.0 Å². The van der Waals surface area contributed by atoms with Crippen LogP contribution in [0, 0.1) is 5.41 Å². The van der Waals surface area contributed by atoms with Gasteiger partial charge in [0.25, 0.3) is 0 Å². The fourth-order valence-electron chi connectivity index (χ4n) is 7.22. The molecule has 0 N–H and O–H groups in total. The molecule has 2 unspecified atom stereocenters. The van der Waals surface area contributed by atoms with Crippen molar-refractivity contribution in [2.24, 2.45) is 35.4 Å². The van der Waals surface area contributed by atoms with Gasteiger partial charge in [-0.25, -0.2) is 30.0 Å². The number of fused-ring (bicyclic) bond motifs is 10. The molecule has 288 valence electrons. The highest BCUT2D eigenvalue weighted by Crippen LogP contribution is 2.44. The molecule has 8 nitrogen and oxygen atoms in total. The Morgan fingerprint density at radius 1 is 0.632 bits per heavy atom. The molecule has 6 heterocycles. The third kappa shape index (κ3) is 6.90. The molecule has 0 amide bonds. The van der Waals surface area contributed by atoms with E-state index in [0.717, 1.165) is 11.1 Å². The molecular weight excluding hydrogens is 793 g/mol. The van der Waals surface area contributed by atoms with Crippen LogP contribution in [0.25, 0.3) is 24.3 Å². The summed E-state index contributed by atoms with van der Waals surface area (Å²) in [5.74, 6) is 2.13. The van der Waals surface area contributed by atoms with Crippen molar-refractivity contribution < 1.29 is 3.52 Å². The first kappa shape index (κ1) is 39.4. The van der Waals surface area contributed by atoms with Gasteiger partial charge in [-0.3, -0.25) is 0 Å². The van der Waals surface area contributed by atoms with Gasteiger partial charge in [0.15, 0.2) is 23.3 Å². The quantitative estimate of drug-likeness (QED) is 0.218. The lowest BCUT2D eigenvalue weighted by atomic mass is 9.93. The maximum atomic E-state index is 18.6. The summed E-state index contributed by atoms with van der Waals surface area (Å²) >= 11 is 16.5. The van der Waals surface area contributed by atoms with E-state index in [1.54, 1.807) is 13.2 Å². The molecule has 0 saturated heterocycles. The van der Waals surface area contributed by atoms with Gasteiger partial charge in [0.05, 0.1) is 14.6 Å². The van der Waals surface area contributed by atoms with Crippen LogP contribution in [0.5, 0.6) is 0 Å². The molecule has 4 aliphatic heterocycles. The number of hydrogen-bond acceptors (Lipinski definition) is 6. The molecule has 3 aliphatic carbocycles. The number of nitrogens with zero attached hydrogens (tertiary/aromatic N) is 8. The normalized spacial score (nSPS) is 24.5. The van der Waals surface area contributed by atoms with E-state index in [1.807, 2.05) is 114 Å². The Labute approximate surface area is 352 Å². The maximum absolute atomic E-state index is 18.6. The van der Waals surface area contributed by atoms with Crippen molar-refractivity contribution in [3.8, 4) is 0 Å². The van der Waals surface area contributed by atoms with Crippen LogP contribution in [0.1, 0.15) is 77.6 Å². The van der Waals surface area contributed by atoms with Crippen LogP contribution in [0.15, 0.2) is 126 Å². The van der Waals surface area contributed by atoms with Crippen molar-refractivity contribution in [2.75, 3.05) is 0 Å². The number of amidine groups is 4. The minimum absolute atomic E-state index is 0.300. The molecule has 0 fully saturated rings. The summed E-state index contributed by atoms with van der Waals surface area (Å²) in [4.78, 5) is 28.7. The minimum atomic E-state index is -3.94. The summed E-state index contributed by atoms with van der Waals surface area (Å²) in [6.45, 7) is 19.9. The van der Waals surface area contributed by atoms with Crippen LogP contribution < -0.4 is 11.0 Å². The van der Waals surface area contributed by atoms with Crippen molar-refractivity contribution in [3.63, 3.8) is 0 Å². The van der Waals surface area contributed by atoms with Crippen LogP contribution >= 0.6 is 34.8 Å². The lowest BCUT2D eigenvalue weighted by Crippen LogP contribution is -2.44. The first-order chi connectivity index (χ1) is 26.9. The molecular formula is C44H41AlCl3FN8. The third-order valence-electron chi connectivity index (χ3n) is 10.2. The fourth-order valence-corrected chi connectivity index (χ4v) is 9.36. The second kappa shape index (κ2) is 13.9. The molecule has 0 aromatic carbocycles. The molecule has 2 aromatic rings. The number of rotatable bonds is 3. The summed E-state index contributed by atoms with van der Waals surface area (Å²) < 4.78 is 21.9. The van der Waals surface area contributed by atoms with Crippen LogP contribution in [-0.4, -0.2) is 60.1 Å². The van der Waals surface area contributed by atoms with E-state index >= 15 is 3.52 Å². The molecule has 0 saturated carbocycles. The second-order valence-electron chi connectivity index (χ2n) is 15.8. The van der Waals surface area contributed by atoms with E-state index in [0.29, 0.717) is 79.4 Å². The van der Waals surface area contributed by atoms with E-state index in [1.165, 1.54) is 0 Å². The van der Waals surface area contributed by atoms with E-state index in [2.05, 4.69) is 32.6 Å². The second-order valence-corrected chi connectivity index (χ2v) is 20.1. The Kier molecular flexibility index (Phi) is 9.58. The van der Waals surface area contributed by atoms with Crippen LogP contribution in [-0.2, 0) is 0 Å². The summed E-state index contributed by atoms with van der Waals surface area (Å²) in [6, 6.07) is 0. The van der Waals surface area contributed by atoms with Gasteiger partial charge in [-0.05, 0) is 27.7 Å². The van der Waals surface area contributed by atoms with Gasteiger partial charge >= 0.3 is 15.0 Å². The number of allylic oxidation sites excluding steroid dienone is 7. The highest BCUT2D eigenvalue weighted by molar-refractivity contribution is 6.49. The summed E-state index contributed by atoms with van der Waals surface area (Å²) in [5, 5.41) is 0. The van der Waals surface area contributed by atoms with Gasteiger partial charge in [-0.1, -0.05) is 125 Å². The number of alkyl halides is 3. The third-order valence-corrected chi connectivity index (χ3v) is 12.7. The standard InChI is InChI=1S/C42H35Cl3N8.C2H6.Al.FH/c1-8-23-24(11-18-40(4,5)43)32-46-31(23)47-33-25-9-16-39(2,3)17-10-26(25)34(49-33)50-36-29-14-21-42(7,45)22-15-30(29)38(52-36)53-37-28-13-20-41(6,44)19-12-27(28)35(48-32)51-37;1-2;;/h8-22H,1H2,2-7H3;1-2H3;;1H/q-2;;+3;/p-1/b18-11-;;;. The van der Waals surface area contributed by atoms with Crippen LogP contribution in [0.2, 0.25) is 0 Å². The predicted octanol–water partition coefficient (Wildman–Crippen LogP) is 10.4. The Morgan fingerprint density at radius 3 is 1.60 bits per heavy atom. The van der Waals surface area contributed by atoms with Gasteiger partial charge in [-0.15, -0.1) is 34.8 Å². The Hall–Kier alpha value is -4.43. The summed E-state index contributed by atoms with van der Waals surface area (Å²) in [7, 11) is 0. The number of halogens is 4. The zero-order chi connectivity index (χ0) is 40.8. The molecule has 0 spiro atoms. The molecule has 0 radical (unpaired) electrons. The molecule has 6 bridgehead atoms. The van der Waals surface area contributed by atoms with E-state index < -0.39 is 29.7 Å². The highest BCUT2D eigenvalue weighted by atomic mass is 35.5. The number of aliphatic imine (C=N–C) groups is 4. The fraction of sp³-hybridized carbons (Fsp3) is 0.273. The molecule has 2 aromatic heterocycles. The first-order valence-electron chi connectivity index (χ1n) is 19.0. The summed E-state index contributed by atoms with van der Waals surface area (Å²) in [6.07, 6.45) is 28.8. The van der Waals surface area contributed by atoms with Gasteiger partial charge in [0.2, 0.25) is 0 Å². The van der Waals surface area contributed by atoms with E-state index in [-0.39, 0.29) is 5.41 Å². The number of aromatic nitrogens is 2. The smallest absolute Gasteiger partial charge is 0.363 e. The Balaban J connectivity index is 0.00000224. The van der Waals surface area contributed by atoms with Crippen molar-refractivity contribution >= 4 is 109 Å². The zero-order valence-electron chi connectivity index (χ0n) is 33.0. The summed E-state index contributed by atoms with van der Waals surface area (Å²) in [5.41, 5.74) is 5.89. The van der Waals surface area contributed by atoms with Gasteiger partial charge in [-0.2, -0.15) is 0 Å². The van der Waals surface area contributed by atoms with Crippen LogP contribution in [0.3, 0.4) is 0 Å². The maximum Gasteiger partial charge on any atom is 0.852 e. The van der Waals surface area contributed by atoms with Crippen molar-refractivity contribution in [2.45, 2.75) is 70.0 Å². The molecule has 7 aliphatic rings. The number of hydrogen-bond donors (Lipinski definition) is 0. The lowest BCUT2D eigenvalue weighted by molar-refractivity contribution is 0.633. The largest absolute Gasteiger partial charge is 0.852 e. The minimum Gasteiger partial charge on any atom is -0.363 e. The predicted molar refractivity (Wildman–Crippen MR) is 239 cm³/mol. The van der Waals surface area contributed by atoms with Crippen molar-refractivity contribution in [1.29, 1.82) is 0 Å². The van der Waals surface area contributed by atoms with Crippen molar-refractivity contribution in [3.05, 3.63) is 129 Å². The van der Waals surface area contributed by atoms with Gasteiger partial charge in [0.1, 0.15) is 22.6 Å². The zero-order valence-corrected chi connectivity index (χ0v) is 36.5. The SMILES string of the molecule is C=CC1=C(/C=C\C(C)(C)Cl)C2=Nc3c4c(c5[n]3[Al]([F])[n]3c(c6c(c3=NC1=N2)C=CC(C)(C)C=C6)=NC1=NC(=N5)C2=C1C=CC(C)(Cl)C=C2)C=CC(C)(Cl)C=C4.CC. The van der Waals surface area contributed by atoms with E-state index in [9.17, 15) is 0 Å². The Bertz CT molecular complexity index is 2740. The lowest BCUT2D eigenvalue weighted by Gasteiger charge is -2.15. The molecule has 57 heavy (non-hydrogen) atoms. The first-order valence-corrected chi connectivity index (χ1v) is 21.6. The molecule has 9 rings (SSSR count). The topological polar surface area (TPSA) is 84.0 Å². The van der Waals surface area contributed by atoms with Crippen molar-refractivity contribution in [1.82, 2.24) is 7.10 Å². The van der Waals surface area contributed by atoms with Crippen LogP contribution in [0.4, 0.5) is 15.2 Å². The average molecular weight is 834 g/mol.